The molecule has 1 aliphatic heterocycles. The molecule has 1 fully saturated rings. The third-order valence-corrected chi connectivity index (χ3v) is 3.37. The predicted octanol–water partition coefficient (Wildman–Crippen LogP) is 1.55. The van der Waals surface area contributed by atoms with Crippen molar-refractivity contribution in [2.75, 3.05) is 19.5 Å². The number of rotatable bonds is 1. The van der Waals surface area contributed by atoms with Crippen LogP contribution in [-0.4, -0.2) is 19.7 Å². The fourth-order valence-electron chi connectivity index (χ4n) is 2.38. The number of nitrogen functional groups attached to an aromatic ring is 1. The molecule has 2 aliphatic rings. The first-order chi connectivity index (χ1) is 7.72. The van der Waals surface area contributed by atoms with Crippen LogP contribution >= 0.6 is 0 Å². The van der Waals surface area contributed by atoms with Crippen molar-refractivity contribution >= 4 is 11.7 Å². The Kier molecular flexibility index (Phi) is 1.87. The zero-order valence-electron chi connectivity index (χ0n) is 9.03. The first-order valence-corrected chi connectivity index (χ1v) is 5.36. The molecule has 4 nitrogen and oxygen atoms in total. The summed E-state index contributed by atoms with van der Waals surface area (Å²) in [5.74, 6) is 1.38. The van der Waals surface area contributed by atoms with Crippen LogP contribution in [0.25, 0.3) is 0 Å². The number of carbonyl (C=O) groups is 1. The van der Waals surface area contributed by atoms with Gasteiger partial charge in [0.25, 0.3) is 0 Å². The summed E-state index contributed by atoms with van der Waals surface area (Å²) in [6.07, 6.45) is 1.15. The summed E-state index contributed by atoms with van der Waals surface area (Å²) in [7, 11) is 1.35. The molecule has 2 atom stereocenters. The van der Waals surface area contributed by atoms with Crippen LogP contribution in [0.2, 0.25) is 0 Å². The molecule has 0 bridgehead atoms. The lowest BCUT2D eigenvalue weighted by Crippen LogP contribution is -2.15. The Morgan fingerprint density at radius 2 is 2.38 bits per heavy atom. The third-order valence-electron chi connectivity index (χ3n) is 3.37. The Bertz CT molecular complexity index is 470. The quantitative estimate of drug-likeness (QED) is 0.575. The van der Waals surface area contributed by atoms with Gasteiger partial charge in [-0.05, 0) is 24.0 Å². The summed E-state index contributed by atoms with van der Waals surface area (Å²) in [5.41, 5.74) is 7.70. The zero-order valence-corrected chi connectivity index (χ0v) is 9.03. The molecule has 16 heavy (non-hydrogen) atoms. The molecule has 1 aromatic rings. The summed E-state index contributed by atoms with van der Waals surface area (Å²) in [6, 6.07) is 3.72. The van der Waals surface area contributed by atoms with E-state index in [-0.39, 0.29) is 0 Å². The molecule has 2 N–H and O–H groups in total. The highest BCUT2D eigenvalue weighted by Crippen LogP contribution is 2.55. The van der Waals surface area contributed by atoms with Crippen molar-refractivity contribution in [2.24, 2.45) is 5.92 Å². The first-order valence-electron chi connectivity index (χ1n) is 5.36. The van der Waals surface area contributed by atoms with Crippen LogP contribution in [0.15, 0.2) is 12.1 Å². The number of fused-ring (bicyclic) bond motifs is 3. The summed E-state index contributed by atoms with van der Waals surface area (Å²) in [5, 5.41) is 0. The Balaban J connectivity index is 2.15. The highest BCUT2D eigenvalue weighted by molar-refractivity contribution is 5.98. The predicted molar refractivity (Wildman–Crippen MR) is 58.5 cm³/mol. The second-order valence-electron chi connectivity index (χ2n) is 4.35. The van der Waals surface area contributed by atoms with E-state index < -0.39 is 5.97 Å². The smallest absolute Gasteiger partial charge is 0.343 e. The Morgan fingerprint density at radius 1 is 1.56 bits per heavy atom. The molecule has 1 aromatic carbocycles. The van der Waals surface area contributed by atoms with E-state index in [2.05, 4.69) is 0 Å². The molecule has 0 amide bonds. The maximum absolute atomic E-state index is 11.6. The summed E-state index contributed by atoms with van der Waals surface area (Å²) >= 11 is 0. The van der Waals surface area contributed by atoms with Crippen molar-refractivity contribution in [3.63, 3.8) is 0 Å². The molecule has 0 saturated heterocycles. The van der Waals surface area contributed by atoms with Gasteiger partial charge in [-0.1, -0.05) is 6.07 Å². The second-order valence-corrected chi connectivity index (χ2v) is 4.35. The largest absolute Gasteiger partial charge is 0.492 e. The number of hydrogen-bond acceptors (Lipinski definition) is 4. The highest BCUT2D eigenvalue weighted by Gasteiger charge is 2.45. The second kappa shape index (κ2) is 3.14. The number of carbonyl (C=O) groups excluding carboxylic acids is 1. The molecule has 1 heterocycles. The van der Waals surface area contributed by atoms with Gasteiger partial charge in [0.05, 0.1) is 13.7 Å². The van der Waals surface area contributed by atoms with Crippen LogP contribution in [0.1, 0.15) is 28.3 Å². The lowest BCUT2D eigenvalue weighted by atomic mass is 10.0. The minimum atomic E-state index is -0.423. The first kappa shape index (κ1) is 9.51. The molecule has 1 aliphatic carbocycles. The molecule has 3 rings (SSSR count). The van der Waals surface area contributed by atoms with Gasteiger partial charge >= 0.3 is 5.97 Å². The van der Waals surface area contributed by atoms with Crippen molar-refractivity contribution in [3.8, 4) is 5.75 Å². The average molecular weight is 219 g/mol. The minimum absolute atomic E-state index is 0.380. The van der Waals surface area contributed by atoms with Gasteiger partial charge in [0.2, 0.25) is 0 Å². The molecule has 0 aromatic heterocycles. The van der Waals surface area contributed by atoms with Crippen LogP contribution in [0.3, 0.4) is 0 Å². The molecule has 84 valence electrons. The van der Waals surface area contributed by atoms with Gasteiger partial charge in [0, 0.05) is 11.6 Å². The van der Waals surface area contributed by atoms with Gasteiger partial charge in [-0.2, -0.15) is 0 Å². The van der Waals surface area contributed by atoms with Crippen molar-refractivity contribution in [2.45, 2.75) is 12.3 Å². The van der Waals surface area contributed by atoms with E-state index in [0.29, 0.717) is 35.4 Å². The standard InChI is InChI=1S/C12H13NO3/c1-15-12(14)10-9(13)3-2-7-8-4-6(8)5-16-11(7)10/h2-3,6,8H,4-5,13H2,1H3/t6-,8-/m1/s1. The van der Waals surface area contributed by atoms with Gasteiger partial charge < -0.3 is 15.2 Å². The molecule has 4 heteroatoms. The average Bonchev–Trinajstić information content (AvgIpc) is 3.06. The molecule has 1 saturated carbocycles. The lowest BCUT2D eigenvalue weighted by molar-refractivity contribution is 0.0596. The van der Waals surface area contributed by atoms with Crippen LogP contribution < -0.4 is 10.5 Å². The van der Waals surface area contributed by atoms with E-state index in [0.717, 1.165) is 12.0 Å². The number of anilines is 1. The number of nitrogens with two attached hydrogens (primary N) is 1. The van der Waals surface area contributed by atoms with Gasteiger partial charge in [0.1, 0.15) is 11.3 Å². The Labute approximate surface area is 93.3 Å². The van der Waals surface area contributed by atoms with E-state index in [4.69, 9.17) is 15.2 Å². The fourth-order valence-corrected chi connectivity index (χ4v) is 2.38. The maximum Gasteiger partial charge on any atom is 0.343 e. The molecular weight excluding hydrogens is 206 g/mol. The Hall–Kier alpha value is -1.71. The number of esters is 1. The normalized spacial score (nSPS) is 25.1. The maximum atomic E-state index is 11.6. The van der Waals surface area contributed by atoms with Crippen molar-refractivity contribution in [3.05, 3.63) is 23.3 Å². The monoisotopic (exact) mass is 219 g/mol. The van der Waals surface area contributed by atoms with Gasteiger partial charge in [-0.3, -0.25) is 0 Å². The minimum Gasteiger partial charge on any atom is -0.492 e. The van der Waals surface area contributed by atoms with Crippen LogP contribution in [0.5, 0.6) is 5.75 Å². The van der Waals surface area contributed by atoms with Gasteiger partial charge in [-0.15, -0.1) is 0 Å². The van der Waals surface area contributed by atoms with E-state index in [1.165, 1.54) is 7.11 Å². The van der Waals surface area contributed by atoms with Crippen LogP contribution in [0, 0.1) is 5.92 Å². The summed E-state index contributed by atoms with van der Waals surface area (Å²) < 4.78 is 10.4. The summed E-state index contributed by atoms with van der Waals surface area (Å²) in [6.45, 7) is 0.686. The van der Waals surface area contributed by atoms with Crippen molar-refractivity contribution in [1.29, 1.82) is 0 Å². The zero-order chi connectivity index (χ0) is 11.3. The van der Waals surface area contributed by atoms with Crippen LogP contribution in [0.4, 0.5) is 5.69 Å². The van der Waals surface area contributed by atoms with Crippen LogP contribution in [-0.2, 0) is 4.74 Å². The van der Waals surface area contributed by atoms with E-state index in [9.17, 15) is 4.79 Å². The van der Waals surface area contributed by atoms with E-state index in [1.54, 1.807) is 6.07 Å². The van der Waals surface area contributed by atoms with Gasteiger partial charge in [0.15, 0.2) is 0 Å². The fraction of sp³-hybridized carbons (Fsp3) is 0.417. The molecular formula is C12H13NO3. The van der Waals surface area contributed by atoms with Crippen molar-refractivity contribution in [1.82, 2.24) is 0 Å². The molecule has 0 radical (unpaired) electrons. The molecule has 0 spiro atoms. The SMILES string of the molecule is COC(=O)c1c(N)ccc2c1OC[C@H]1C[C@@H]21. The van der Waals surface area contributed by atoms with E-state index in [1.807, 2.05) is 6.07 Å². The van der Waals surface area contributed by atoms with E-state index >= 15 is 0 Å². The number of ether oxygens (including phenoxy) is 2. The third kappa shape index (κ3) is 1.19. The highest BCUT2D eigenvalue weighted by atomic mass is 16.5. The topological polar surface area (TPSA) is 61.5 Å². The lowest BCUT2D eigenvalue weighted by Gasteiger charge is -2.20. The number of methoxy groups -OCH3 is 1. The molecule has 0 unspecified atom stereocenters. The van der Waals surface area contributed by atoms with Gasteiger partial charge in [-0.25, -0.2) is 4.79 Å². The summed E-state index contributed by atoms with van der Waals surface area (Å²) in [4.78, 5) is 11.6. The number of hydrogen-bond donors (Lipinski definition) is 1. The Morgan fingerprint density at radius 3 is 3.12 bits per heavy atom. The van der Waals surface area contributed by atoms with Crippen molar-refractivity contribution < 1.29 is 14.3 Å². The number of benzene rings is 1.